The Labute approximate surface area is 214 Å². The molecule has 0 aliphatic heterocycles. The molecule has 0 aromatic heterocycles. The molecular formula is C33H29O2S-. The fourth-order valence-corrected chi connectivity index (χ4v) is 6.56. The predicted molar refractivity (Wildman–Crippen MR) is 146 cm³/mol. The average Bonchev–Trinajstić information content (AvgIpc) is 2.88. The maximum absolute atomic E-state index is 11.2. The molecule has 3 heteroatoms. The topological polar surface area (TPSA) is 40.1 Å². The highest BCUT2D eigenvalue weighted by molar-refractivity contribution is 7.78. The molecule has 0 bridgehead atoms. The Morgan fingerprint density at radius 1 is 0.861 bits per heavy atom. The molecule has 36 heavy (non-hydrogen) atoms. The normalized spacial score (nSPS) is 19.0. The van der Waals surface area contributed by atoms with Crippen molar-refractivity contribution in [2.45, 2.75) is 38.4 Å². The summed E-state index contributed by atoms with van der Waals surface area (Å²) in [6.45, 7) is 4.50. The van der Waals surface area contributed by atoms with Crippen molar-refractivity contribution in [2.75, 3.05) is 0 Å². The summed E-state index contributed by atoms with van der Waals surface area (Å²) in [6, 6.07) is 30.4. The number of rotatable bonds is 4. The first-order valence-corrected chi connectivity index (χ1v) is 13.9. The second-order valence-corrected chi connectivity index (χ2v) is 11.1. The minimum Gasteiger partial charge on any atom is -0.772 e. The van der Waals surface area contributed by atoms with Crippen LogP contribution in [0.1, 0.15) is 52.6 Å². The minimum absolute atomic E-state index is 0.0518. The van der Waals surface area contributed by atoms with Crippen LogP contribution in [0.4, 0.5) is 0 Å². The lowest BCUT2D eigenvalue weighted by molar-refractivity contribution is 0.536. The molecule has 180 valence electrons. The smallest absolute Gasteiger partial charge is 0.0353 e. The Morgan fingerprint density at radius 3 is 2.33 bits per heavy atom. The summed E-state index contributed by atoms with van der Waals surface area (Å²) in [7, 11) is 0. The van der Waals surface area contributed by atoms with Gasteiger partial charge in [-0.3, -0.25) is 4.21 Å². The summed E-state index contributed by atoms with van der Waals surface area (Å²) >= 11 is -2.08. The molecule has 0 saturated heterocycles. The van der Waals surface area contributed by atoms with Gasteiger partial charge in [-0.25, -0.2) is 0 Å². The van der Waals surface area contributed by atoms with Gasteiger partial charge in [0.05, 0.1) is 0 Å². The standard InChI is InChI=1S/C33H30O2S/c1-21-7-12-25(13-8-21)32-22(2)9-16-30-29(32)18-17-28-27-6-4-3-5-26(27)19-31(33(28)30)24-14-10-23(11-15-24)20-36(34)35/h3-8,10-15,17-19,22,31H,9,16,20H2,1-2H3,(H,34,35)/p-1. The highest BCUT2D eigenvalue weighted by atomic mass is 32.2. The van der Waals surface area contributed by atoms with Crippen LogP contribution in [0.2, 0.25) is 0 Å². The van der Waals surface area contributed by atoms with E-state index in [1.807, 2.05) is 12.1 Å². The van der Waals surface area contributed by atoms with Crippen LogP contribution in [-0.4, -0.2) is 8.76 Å². The van der Waals surface area contributed by atoms with Gasteiger partial charge in [-0.05, 0) is 79.9 Å². The predicted octanol–water partition coefficient (Wildman–Crippen LogP) is 5.37. The van der Waals surface area contributed by atoms with Crippen LogP contribution in [0.25, 0.3) is 11.6 Å². The van der Waals surface area contributed by atoms with Crippen LogP contribution in [-0.2, 0) is 23.3 Å². The average molecular weight is 490 g/mol. The molecule has 2 nitrogen and oxygen atoms in total. The lowest BCUT2D eigenvalue weighted by atomic mass is 9.75. The van der Waals surface area contributed by atoms with E-state index in [2.05, 4.69) is 92.7 Å². The van der Waals surface area contributed by atoms with Gasteiger partial charge in [0.2, 0.25) is 0 Å². The number of hydrogen-bond donors (Lipinski definition) is 0. The third-order valence-electron chi connectivity index (χ3n) is 7.86. The molecule has 0 amide bonds. The molecule has 0 fully saturated rings. The summed E-state index contributed by atoms with van der Waals surface area (Å²) in [5.74, 6) is 0.684. The zero-order chi connectivity index (χ0) is 24.8. The Kier molecular flexibility index (Phi) is 5.99. The van der Waals surface area contributed by atoms with Crippen LogP contribution in [0.5, 0.6) is 0 Å². The van der Waals surface area contributed by atoms with Crippen molar-refractivity contribution in [2.24, 2.45) is 5.92 Å². The third kappa shape index (κ3) is 4.07. The second-order valence-electron chi connectivity index (χ2n) is 10.2. The van der Waals surface area contributed by atoms with E-state index in [9.17, 15) is 8.76 Å². The zero-order valence-electron chi connectivity index (χ0n) is 20.7. The van der Waals surface area contributed by atoms with E-state index in [1.54, 1.807) is 0 Å². The highest BCUT2D eigenvalue weighted by Gasteiger charge is 2.26. The summed E-state index contributed by atoms with van der Waals surface area (Å²) < 4.78 is 22.4. The molecule has 4 aromatic rings. The van der Waals surface area contributed by atoms with Crippen LogP contribution < -0.4 is 10.4 Å². The lowest BCUT2D eigenvalue weighted by Crippen LogP contribution is -2.28. The Hall–Kier alpha value is -3.27. The van der Waals surface area contributed by atoms with Gasteiger partial charge >= 0.3 is 0 Å². The zero-order valence-corrected chi connectivity index (χ0v) is 21.5. The van der Waals surface area contributed by atoms with E-state index in [0.29, 0.717) is 5.92 Å². The molecule has 4 aromatic carbocycles. The highest BCUT2D eigenvalue weighted by Crippen LogP contribution is 2.36. The van der Waals surface area contributed by atoms with Crippen LogP contribution >= 0.6 is 0 Å². The van der Waals surface area contributed by atoms with Gasteiger partial charge < -0.3 is 4.55 Å². The summed E-state index contributed by atoms with van der Waals surface area (Å²) in [5.41, 5.74) is 8.94. The van der Waals surface area contributed by atoms with E-state index in [0.717, 1.165) is 18.4 Å². The fourth-order valence-electron chi connectivity index (χ4n) is 6.09. The van der Waals surface area contributed by atoms with Crippen LogP contribution in [0.15, 0.2) is 84.9 Å². The number of aryl methyl sites for hydroxylation is 1. The van der Waals surface area contributed by atoms with Crippen LogP contribution in [0, 0.1) is 23.3 Å². The van der Waals surface area contributed by atoms with Gasteiger partial charge in [-0.2, -0.15) is 0 Å². The van der Waals surface area contributed by atoms with E-state index in [4.69, 9.17) is 0 Å². The number of fused-ring (bicyclic) bond motifs is 4. The van der Waals surface area contributed by atoms with Crippen molar-refractivity contribution in [1.29, 1.82) is 0 Å². The maximum atomic E-state index is 11.2. The van der Waals surface area contributed by atoms with Gasteiger partial charge in [-0.1, -0.05) is 115 Å². The number of hydrogen-bond acceptors (Lipinski definition) is 2. The van der Waals surface area contributed by atoms with Crippen molar-refractivity contribution in [1.82, 2.24) is 0 Å². The first kappa shape index (κ1) is 23.1. The number of benzene rings is 4. The van der Waals surface area contributed by atoms with E-state index in [-0.39, 0.29) is 11.7 Å². The van der Waals surface area contributed by atoms with Crippen LogP contribution in [0.3, 0.4) is 0 Å². The minimum atomic E-state index is -2.08. The molecule has 0 N–H and O–H groups in total. The Bertz CT molecular complexity index is 1700. The fraction of sp³-hybridized carbons (Fsp3) is 0.212. The first-order valence-electron chi connectivity index (χ1n) is 12.7. The Morgan fingerprint density at radius 2 is 1.58 bits per heavy atom. The second kappa shape index (κ2) is 9.31. The summed E-state index contributed by atoms with van der Waals surface area (Å²) in [4.78, 5) is 0. The largest absolute Gasteiger partial charge is 0.772 e. The summed E-state index contributed by atoms with van der Waals surface area (Å²) in [5, 5.41) is 5.25. The SMILES string of the molecule is Cc1ccc(C2=c3ccc4c(c3CCC2C)C(c2ccc(CS(=O)[O-])cc2)C=c2ccccc2=4)cc1. The maximum Gasteiger partial charge on any atom is 0.0353 e. The molecule has 0 heterocycles. The van der Waals surface area contributed by atoms with Gasteiger partial charge in [0.15, 0.2) is 0 Å². The molecule has 2 aliphatic carbocycles. The van der Waals surface area contributed by atoms with Crippen molar-refractivity contribution in [3.05, 3.63) is 139 Å². The van der Waals surface area contributed by atoms with Gasteiger partial charge in [-0.15, -0.1) is 0 Å². The molecule has 6 rings (SSSR count). The van der Waals surface area contributed by atoms with Crippen molar-refractivity contribution < 1.29 is 8.76 Å². The Balaban J connectivity index is 1.64. The molecule has 3 atom stereocenters. The quantitative estimate of drug-likeness (QED) is 0.362. The molecule has 0 radical (unpaired) electrons. The monoisotopic (exact) mass is 489 g/mol. The lowest BCUT2D eigenvalue weighted by Gasteiger charge is -2.29. The molecule has 3 unspecified atom stereocenters. The molecular weight excluding hydrogens is 460 g/mol. The first-order chi connectivity index (χ1) is 17.5. The molecule has 0 spiro atoms. The third-order valence-corrected chi connectivity index (χ3v) is 8.43. The van der Waals surface area contributed by atoms with Gasteiger partial charge in [0, 0.05) is 11.7 Å². The van der Waals surface area contributed by atoms with E-state index < -0.39 is 11.1 Å². The van der Waals surface area contributed by atoms with E-state index in [1.165, 1.54) is 54.3 Å². The summed E-state index contributed by atoms with van der Waals surface area (Å²) in [6.07, 6.45) is 4.59. The molecule has 0 saturated carbocycles. The van der Waals surface area contributed by atoms with Crippen molar-refractivity contribution in [3.8, 4) is 0 Å². The van der Waals surface area contributed by atoms with Gasteiger partial charge in [0.25, 0.3) is 0 Å². The van der Waals surface area contributed by atoms with Gasteiger partial charge in [0.1, 0.15) is 0 Å². The van der Waals surface area contributed by atoms with Crippen molar-refractivity contribution in [3.63, 3.8) is 0 Å². The molecule has 2 aliphatic rings. The van der Waals surface area contributed by atoms with E-state index >= 15 is 0 Å². The van der Waals surface area contributed by atoms with Crippen molar-refractivity contribution >= 4 is 22.7 Å².